The Kier molecular flexibility index (Phi) is 1.94. The van der Waals surface area contributed by atoms with Gasteiger partial charge in [0.15, 0.2) is 5.82 Å². The molecule has 4 nitrogen and oxygen atoms in total. The molecule has 0 aliphatic heterocycles. The van der Waals surface area contributed by atoms with Crippen molar-refractivity contribution in [3.63, 3.8) is 0 Å². The molecule has 0 aromatic carbocycles. The zero-order valence-corrected chi connectivity index (χ0v) is 7.76. The van der Waals surface area contributed by atoms with Crippen molar-refractivity contribution >= 4 is 17.1 Å². The molecule has 66 valence electrons. The van der Waals surface area contributed by atoms with E-state index in [9.17, 15) is 4.79 Å². The molecule has 13 heavy (non-hydrogen) atoms. The summed E-state index contributed by atoms with van der Waals surface area (Å²) in [6.07, 6.45) is 1.33. The highest BCUT2D eigenvalue weighted by atomic mass is 32.1. The van der Waals surface area contributed by atoms with Gasteiger partial charge in [0.1, 0.15) is 6.33 Å². The lowest BCUT2D eigenvalue weighted by atomic mass is 10.2. The van der Waals surface area contributed by atoms with E-state index >= 15 is 0 Å². The molecule has 0 spiro atoms. The van der Waals surface area contributed by atoms with Crippen LogP contribution in [0.4, 0.5) is 0 Å². The zero-order valence-electron chi connectivity index (χ0n) is 6.94. The number of carbonyl (C=O) groups excluding carboxylic acids is 1. The van der Waals surface area contributed by atoms with Crippen molar-refractivity contribution in [2.45, 2.75) is 6.92 Å². The van der Waals surface area contributed by atoms with Crippen LogP contribution in [0.5, 0.6) is 0 Å². The number of aromatic amines is 1. The number of ketones is 1. The Bertz CT molecular complexity index is 418. The molecule has 5 heteroatoms. The largest absolute Gasteiger partial charge is 0.285 e. The molecule has 0 amide bonds. The first-order valence-electron chi connectivity index (χ1n) is 3.72. The first-order chi connectivity index (χ1) is 6.27. The second kappa shape index (κ2) is 3.10. The van der Waals surface area contributed by atoms with E-state index in [-0.39, 0.29) is 11.6 Å². The van der Waals surface area contributed by atoms with Gasteiger partial charge in [0.05, 0.1) is 0 Å². The van der Waals surface area contributed by atoms with Crippen molar-refractivity contribution in [1.29, 1.82) is 0 Å². The molecule has 2 aromatic rings. The summed E-state index contributed by atoms with van der Waals surface area (Å²) in [5, 5.41) is 7.98. The highest BCUT2D eigenvalue weighted by molar-refractivity contribution is 7.10. The fourth-order valence-corrected chi connectivity index (χ4v) is 1.70. The summed E-state index contributed by atoms with van der Waals surface area (Å²) in [6, 6.07) is 1.84. The number of rotatable bonds is 2. The van der Waals surface area contributed by atoms with Crippen molar-refractivity contribution < 1.29 is 4.79 Å². The van der Waals surface area contributed by atoms with Crippen LogP contribution in [0, 0.1) is 6.92 Å². The van der Waals surface area contributed by atoms with E-state index in [0.29, 0.717) is 5.56 Å². The lowest BCUT2D eigenvalue weighted by Gasteiger charge is -1.89. The van der Waals surface area contributed by atoms with Gasteiger partial charge in [-0.2, -0.15) is 5.10 Å². The van der Waals surface area contributed by atoms with E-state index in [1.807, 2.05) is 18.4 Å². The highest BCUT2D eigenvalue weighted by Gasteiger charge is 2.12. The van der Waals surface area contributed by atoms with Crippen LogP contribution >= 0.6 is 11.3 Å². The molecule has 2 aromatic heterocycles. The maximum absolute atomic E-state index is 11.6. The average molecular weight is 193 g/mol. The Hall–Kier alpha value is -1.49. The van der Waals surface area contributed by atoms with Crippen molar-refractivity contribution in [3.05, 3.63) is 34.0 Å². The summed E-state index contributed by atoms with van der Waals surface area (Å²) in [6.45, 7) is 1.96. The van der Waals surface area contributed by atoms with E-state index in [0.717, 1.165) is 4.88 Å². The minimum Gasteiger partial charge on any atom is -0.285 e. The summed E-state index contributed by atoms with van der Waals surface area (Å²) in [4.78, 5) is 16.5. The van der Waals surface area contributed by atoms with Crippen LogP contribution in [0.15, 0.2) is 17.8 Å². The van der Waals surface area contributed by atoms with Crippen LogP contribution < -0.4 is 0 Å². The number of carbonyl (C=O) groups is 1. The molecule has 0 aliphatic rings. The van der Waals surface area contributed by atoms with Crippen molar-refractivity contribution in [2.24, 2.45) is 0 Å². The monoisotopic (exact) mass is 193 g/mol. The second-order valence-corrected chi connectivity index (χ2v) is 3.72. The molecule has 0 unspecified atom stereocenters. The summed E-state index contributed by atoms with van der Waals surface area (Å²) >= 11 is 1.55. The predicted octanol–water partition coefficient (Wildman–Crippen LogP) is 1.41. The fraction of sp³-hybridized carbons (Fsp3) is 0.125. The lowest BCUT2D eigenvalue weighted by Crippen LogP contribution is -2.01. The first kappa shape index (κ1) is 8.12. The van der Waals surface area contributed by atoms with Gasteiger partial charge in [-0.15, -0.1) is 11.3 Å². The molecule has 0 saturated heterocycles. The van der Waals surface area contributed by atoms with Crippen molar-refractivity contribution in [3.8, 4) is 0 Å². The number of aryl methyl sites for hydroxylation is 1. The van der Waals surface area contributed by atoms with Crippen LogP contribution in [-0.4, -0.2) is 21.0 Å². The highest BCUT2D eigenvalue weighted by Crippen LogP contribution is 2.15. The molecule has 0 saturated carbocycles. The summed E-state index contributed by atoms with van der Waals surface area (Å²) in [5.74, 6) is 0.180. The lowest BCUT2D eigenvalue weighted by molar-refractivity contribution is 0.103. The number of hydrogen-bond donors (Lipinski definition) is 1. The maximum Gasteiger partial charge on any atom is 0.230 e. The van der Waals surface area contributed by atoms with Gasteiger partial charge < -0.3 is 0 Å². The van der Waals surface area contributed by atoms with Crippen LogP contribution in [0.1, 0.15) is 21.1 Å². The van der Waals surface area contributed by atoms with E-state index < -0.39 is 0 Å². The maximum atomic E-state index is 11.6. The predicted molar refractivity (Wildman–Crippen MR) is 48.9 cm³/mol. The van der Waals surface area contributed by atoms with Crippen LogP contribution in [0.25, 0.3) is 0 Å². The number of H-pyrrole nitrogens is 1. The molecule has 0 radical (unpaired) electrons. The van der Waals surface area contributed by atoms with Crippen LogP contribution in [0.2, 0.25) is 0 Å². The number of nitrogens with one attached hydrogen (secondary N) is 1. The van der Waals surface area contributed by atoms with Crippen LogP contribution in [-0.2, 0) is 0 Å². The molecular weight excluding hydrogens is 186 g/mol. The Morgan fingerprint density at radius 1 is 1.62 bits per heavy atom. The Labute approximate surface area is 78.6 Å². The van der Waals surface area contributed by atoms with E-state index in [2.05, 4.69) is 15.2 Å². The Morgan fingerprint density at radius 2 is 2.46 bits per heavy atom. The normalized spacial score (nSPS) is 10.2. The molecule has 0 atom stereocenters. The molecular formula is C8H7N3OS. The number of thiophene rings is 1. The molecule has 2 heterocycles. The van der Waals surface area contributed by atoms with Gasteiger partial charge in [0.2, 0.25) is 5.78 Å². The summed E-state index contributed by atoms with van der Waals surface area (Å²) in [5.41, 5.74) is 0.666. The van der Waals surface area contributed by atoms with Gasteiger partial charge in [-0.05, 0) is 13.0 Å². The van der Waals surface area contributed by atoms with E-state index in [4.69, 9.17) is 0 Å². The Morgan fingerprint density at radius 3 is 3.00 bits per heavy atom. The molecule has 0 bridgehead atoms. The first-order valence-corrected chi connectivity index (χ1v) is 4.60. The van der Waals surface area contributed by atoms with Crippen molar-refractivity contribution in [1.82, 2.24) is 15.2 Å². The molecule has 0 fully saturated rings. The van der Waals surface area contributed by atoms with Gasteiger partial charge in [-0.1, -0.05) is 0 Å². The summed E-state index contributed by atoms with van der Waals surface area (Å²) in [7, 11) is 0. The summed E-state index contributed by atoms with van der Waals surface area (Å²) < 4.78 is 0. The van der Waals surface area contributed by atoms with Gasteiger partial charge in [-0.3, -0.25) is 9.89 Å². The minimum absolute atomic E-state index is 0.109. The number of aromatic nitrogens is 3. The topological polar surface area (TPSA) is 58.6 Å². The van der Waals surface area contributed by atoms with Gasteiger partial charge in [0, 0.05) is 15.8 Å². The van der Waals surface area contributed by atoms with Gasteiger partial charge in [-0.25, -0.2) is 4.98 Å². The average Bonchev–Trinajstić information content (AvgIpc) is 2.72. The third-order valence-corrected chi connectivity index (χ3v) is 2.48. The van der Waals surface area contributed by atoms with Crippen LogP contribution in [0.3, 0.4) is 0 Å². The second-order valence-electron chi connectivity index (χ2n) is 2.61. The fourth-order valence-electron chi connectivity index (χ4n) is 1.01. The third kappa shape index (κ3) is 1.50. The van der Waals surface area contributed by atoms with Gasteiger partial charge in [0.25, 0.3) is 0 Å². The zero-order chi connectivity index (χ0) is 9.26. The molecule has 1 N–H and O–H groups in total. The smallest absolute Gasteiger partial charge is 0.230 e. The molecule has 2 rings (SSSR count). The quantitative estimate of drug-likeness (QED) is 0.733. The molecule has 0 aliphatic carbocycles. The third-order valence-electron chi connectivity index (χ3n) is 1.62. The van der Waals surface area contributed by atoms with Gasteiger partial charge >= 0.3 is 0 Å². The SMILES string of the molecule is Cc1cc(C(=O)c2ncn[nH]2)cs1. The number of nitrogens with zero attached hydrogens (tertiary/aromatic N) is 2. The van der Waals surface area contributed by atoms with Crippen molar-refractivity contribution in [2.75, 3.05) is 0 Å². The van der Waals surface area contributed by atoms with E-state index in [1.54, 1.807) is 11.3 Å². The minimum atomic E-state index is -0.109. The Balaban J connectivity index is 2.33. The standard InChI is InChI=1S/C8H7N3OS/c1-5-2-6(3-13-5)7(12)8-9-4-10-11-8/h2-4H,1H3,(H,9,10,11). The number of hydrogen-bond acceptors (Lipinski definition) is 4. The van der Waals surface area contributed by atoms with E-state index in [1.165, 1.54) is 6.33 Å².